The molecule has 0 radical (unpaired) electrons. The first-order chi connectivity index (χ1) is 4.77. The fourth-order valence-electron chi connectivity index (χ4n) is 0.302. The van der Waals surface area contributed by atoms with Crippen LogP contribution in [0.15, 0.2) is 0 Å². The zero-order valence-corrected chi connectivity index (χ0v) is 5.19. The Hall–Kier alpha value is -1.17. The zero-order valence-electron chi connectivity index (χ0n) is 5.19. The molecule has 0 aromatic rings. The molecule has 0 aliphatic heterocycles. The van der Waals surface area contributed by atoms with Gasteiger partial charge in [0.05, 0.1) is 6.61 Å². The van der Waals surface area contributed by atoms with Crippen LogP contribution in [0.5, 0.6) is 0 Å². The van der Waals surface area contributed by atoms with Gasteiger partial charge in [-0.2, -0.15) is 0 Å². The van der Waals surface area contributed by atoms with Crippen LogP contribution in [0.4, 0.5) is 0 Å². The molecular weight excluding hydrogens is 142 g/mol. The highest BCUT2D eigenvalue weighted by Gasteiger charge is 1.92. The number of ether oxygens (including phenoxy) is 1. The number of aldehydes is 1. The van der Waals surface area contributed by atoms with Gasteiger partial charge in [0.15, 0.2) is 0 Å². The lowest BCUT2D eigenvalue weighted by molar-refractivity contribution is -0.758. The summed E-state index contributed by atoms with van der Waals surface area (Å²) in [5.41, 5.74) is 0. The van der Waals surface area contributed by atoms with Crippen molar-refractivity contribution in [3.8, 4) is 0 Å². The molecule has 0 aromatic heterocycles. The second-order valence-electron chi connectivity index (χ2n) is 1.30. The maximum Gasteiger partial charge on any atom is 0.294 e. The summed E-state index contributed by atoms with van der Waals surface area (Å²) < 4.78 is 4.54. The molecule has 6 nitrogen and oxygen atoms in total. The molecule has 0 heterocycles. The summed E-state index contributed by atoms with van der Waals surface area (Å²) in [6.07, 6.45) is 0.562. The van der Waals surface area contributed by atoms with Crippen molar-refractivity contribution >= 4 is 6.29 Å². The first-order valence-corrected chi connectivity index (χ1v) is 2.56. The van der Waals surface area contributed by atoms with E-state index in [2.05, 4.69) is 9.57 Å². The van der Waals surface area contributed by atoms with E-state index in [9.17, 15) is 14.9 Å². The standard InChI is InChI=1S/C4H7NO5/c6-1-2-9-3-4-10-5(7)8/h1H,2-4H2. The minimum Gasteiger partial charge on any atom is -0.372 e. The summed E-state index contributed by atoms with van der Waals surface area (Å²) in [6.45, 7) is -0.137. The quantitative estimate of drug-likeness (QED) is 0.218. The van der Waals surface area contributed by atoms with Crippen molar-refractivity contribution in [1.29, 1.82) is 0 Å². The number of hydrogen-bond donors (Lipinski definition) is 0. The van der Waals surface area contributed by atoms with Gasteiger partial charge in [0, 0.05) is 0 Å². The molecule has 0 amide bonds. The van der Waals surface area contributed by atoms with Crippen LogP contribution in [-0.4, -0.2) is 31.2 Å². The summed E-state index contributed by atoms with van der Waals surface area (Å²) >= 11 is 0. The third-order valence-corrected chi connectivity index (χ3v) is 0.610. The minimum atomic E-state index is -0.912. The van der Waals surface area contributed by atoms with Gasteiger partial charge in [-0.15, -0.1) is 10.1 Å². The molecule has 0 aliphatic rings. The molecule has 58 valence electrons. The van der Waals surface area contributed by atoms with Gasteiger partial charge in [0.1, 0.15) is 19.5 Å². The summed E-state index contributed by atoms with van der Waals surface area (Å²) in [4.78, 5) is 23.0. The number of carbonyl (C=O) groups excluding carboxylic acids is 1. The fourth-order valence-corrected chi connectivity index (χ4v) is 0.302. The lowest BCUT2D eigenvalue weighted by atomic mass is 10.7. The lowest BCUT2D eigenvalue weighted by Crippen LogP contribution is -2.09. The SMILES string of the molecule is O=CCOCCO[N+](=O)[O-]. The smallest absolute Gasteiger partial charge is 0.294 e. The normalized spacial score (nSPS) is 8.80. The Morgan fingerprint density at radius 1 is 1.50 bits per heavy atom. The third-order valence-electron chi connectivity index (χ3n) is 0.610. The average molecular weight is 149 g/mol. The number of rotatable bonds is 6. The van der Waals surface area contributed by atoms with Crippen molar-refractivity contribution in [3.05, 3.63) is 10.1 Å². The highest BCUT2D eigenvalue weighted by molar-refractivity contribution is 5.50. The van der Waals surface area contributed by atoms with E-state index in [0.717, 1.165) is 0 Å². The molecule has 0 saturated carbocycles. The predicted octanol–water partition coefficient (Wildman–Crippen LogP) is -0.590. The summed E-state index contributed by atoms with van der Waals surface area (Å²) in [6, 6.07) is 0. The largest absolute Gasteiger partial charge is 0.372 e. The van der Waals surface area contributed by atoms with E-state index >= 15 is 0 Å². The van der Waals surface area contributed by atoms with Crippen LogP contribution < -0.4 is 0 Å². The van der Waals surface area contributed by atoms with Crippen molar-refractivity contribution in [3.63, 3.8) is 0 Å². The van der Waals surface area contributed by atoms with Crippen molar-refractivity contribution in [2.45, 2.75) is 0 Å². The molecule has 0 saturated heterocycles. The molecule has 0 spiro atoms. The van der Waals surface area contributed by atoms with Gasteiger partial charge in [-0.3, -0.25) is 0 Å². The second-order valence-corrected chi connectivity index (χ2v) is 1.30. The van der Waals surface area contributed by atoms with E-state index in [4.69, 9.17) is 0 Å². The van der Waals surface area contributed by atoms with Gasteiger partial charge in [0.25, 0.3) is 5.09 Å². The third kappa shape index (κ3) is 6.83. The van der Waals surface area contributed by atoms with Crippen LogP contribution >= 0.6 is 0 Å². The number of carbonyl (C=O) groups is 1. The Labute approximate surface area is 56.8 Å². The van der Waals surface area contributed by atoms with Gasteiger partial charge >= 0.3 is 0 Å². The van der Waals surface area contributed by atoms with E-state index < -0.39 is 5.09 Å². The molecule has 0 aliphatic carbocycles. The van der Waals surface area contributed by atoms with Crippen molar-refractivity contribution in [2.24, 2.45) is 0 Å². The van der Waals surface area contributed by atoms with Crippen LogP contribution in [0.25, 0.3) is 0 Å². The molecule has 0 fully saturated rings. The summed E-state index contributed by atoms with van der Waals surface area (Å²) in [5, 5.41) is 8.58. The number of nitrogens with zero attached hydrogens (tertiary/aromatic N) is 1. The van der Waals surface area contributed by atoms with Crippen molar-refractivity contribution < 1.29 is 19.5 Å². The summed E-state index contributed by atoms with van der Waals surface area (Å²) in [7, 11) is 0. The summed E-state index contributed by atoms with van der Waals surface area (Å²) in [5.74, 6) is 0. The molecule has 0 atom stereocenters. The highest BCUT2D eigenvalue weighted by atomic mass is 17.0. The van der Waals surface area contributed by atoms with Crippen LogP contribution in [-0.2, 0) is 14.4 Å². The Balaban J connectivity index is 2.90. The lowest BCUT2D eigenvalue weighted by Gasteiger charge is -1.96. The average Bonchev–Trinajstić information content (AvgIpc) is 1.87. The van der Waals surface area contributed by atoms with E-state index in [1.54, 1.807) is 0 Å². The first-order valence-electron chi connectivity index (χ1n) is 2.56. The zero-order chi connectivity index (χ0) is 7.82. The first kappa shape index (κ1) is 8.83. The number of hydrogen-bond acceptors (Lipinski definition) is 5. The van der Waals surface area contributed by atoms with Crippen LogP contribution in [0.3, 0.4) is 0 Å². The molecule has 0 N–H and O–H groups in total. The van der Waals surface area contributed by atoms with E-state index in [-0.39, 0.29) is 19.8 Å². The molecular formula is C4H7NO5. The van der Waals surface area contributed by atoms with Crippen LogP contribution in [0.2, 0.25) is 0 Å². The van der Waals surface area contributed by atoms with Crippen LogP contribution in [0.1, 0.15) is 0 Å². The topological polar surface area (TPSA) is 78.7 Å². The van der Waals surface area contributed by atoms with Crippen LogP contribution in [0, 0.1) is 10.1 Å². The maximum atomic E-state index is 9.60. The molecule has 10 heavy (non-hydrogen) atoms. The maximum absolute atomic E-state index is 9.60. The Morgan fingerprint density at radius 3 is 2.70 bits per heavy atom. The molecule has 6 heteroatoms. The van der Waals surface area contributed by atoms with Gasteiger partial charge in [0.2, 0.25) is 0 Å². The van der Waals surface area contributed by atoms with E-state index in [0.29, 0.717) is 6.29 Å². The van der Waals surface area contributed by atoms with Gasteiger partial charge in [-0.25, -0.2) is 0 Å². The molecule has 0 bridgehead atoms. The van der Waals surface area contributed by atoms with E-state index in [1.165, 1.54) is 0 Å². The monoisotopic (exact) mass is 149 g/mol. The Kier molecular flexibility index (Phi) is 5.26. The predicted molar refractivity (Wildman–Crippen MR) is 29.8 cm³/mol. The Morgan fingerprint density at radius 2 is 2.20 bits per heavy atom. The second kappa shape index (κ2) is 5.96. The highest BCUT2D eigenvalue weighted by Crippen LogP contribution is 1.76. The van der Waals surface area contributed by atoms with Crippen molar-refractivity contribution in [2.75, 3.05) is 19.8 Å². The van der Waals surface area contributed by atoms with E-state index in [1.807, 2.05) is 0 Å². The molecule has 0 aromatic carbocycles. The van der Waals surface area contributed by atoms with Gasteiger partial charge in [-0.1, -0.05) is 0 Å². The fraction of sp³-hybridized carbons (Fsp3) is 0.750. The van der Waals surface area contributed by atoms with Gasteiger partial charge < -0.3 is 14.4 Å². The van der Waals surface area contributed by atoms with Crippen molar-refractivity contribution in [1.82, 2.24) is 0 Å². The van der Waals surface area contributed by atoms with Gasteiger partial charge in [-0.05, 0) is 0 Å². The molecule has 0 rings (SSSR count). The minimum absolute atomic E-state index is 0.0545. The molecule has 0 unspecified atom stereocenters. The Bertz CT molecular complexity index is 114.